The first-order valence-corrected chi connectivity index (χ1v) is 10.7. The Kier molecular flexibility index (Phi) is 5.53. The number of para-hydroxylation sites is 1. The second-order valence-electron chi connectivity index (χ2n) is 7.74. The minimum Gasteiger partial charge on any atom is -0.384 e. The maximum atomic E-state index is 8.72. The van der Waals surface area contributed by atoms with Crippen LogP contribution in [0, 0.1) is 5.41 Å². The molecule has 8 heteroatoms. The van der Waals surface area contributed by atoms with Crippen molar-refractivity contribution in [2.45, 2.75) is 6.54 Å². The molecule has 0 fully saturated rings. The lowest BCUT2D eigenvalue weighted by Gasteiger charge is -2.16. The molecule has 8 nitrogen and oxygen atoms in total. The Labute approximate surface area is 196 Å². The predicted molar refractivity (Wildman–Crippen MR) is 136 cm³/mol. The average molecular weight is 447 g/mol. The van der Waals surface area contributed by atoms with Crippen LogP contribution in [0.1, 0.15) is 16.7 Å². The van der Waals surface area contributed by atoms with E-state index in [9.17, 15) is 0 Å². The van der Waals surface area contributed by atoms with Crippen LogP contribution in [-0.4, -0.2) is 25.6 Å². The van der Waals surface area contributed by atoms with Crippen molar-refractivity contribution in [1.82, 2.24) is 19.9 Å². The largest absolute Gasteiger partial charge is 0.384 e. The van der Waals surface area contributed by atoms with E-state index in [1.807, 2.05) is 54.6 Å². The van der Waals surface area contributed by atoms with Gasteiger partial charge in [-0.25, -0.2) is 19.9 Å². The highest BCUT2D eigenvalue weighted by molar-refractivity contribution is 6.16. The number of benzene rings is 2. The molecule has 0 atom stereocenters. The van der Waals surface area contributed by atoms with E-state index in [0.717, 1.165) is 27.7 Å². The molecule has 5 aromatic rings. The van der Waals surface area contributed by atoms with Crippen molar-refractivity contribution in [2.24, 2.45) is 0 Å². The number of anilines is 3. The first-order valence-electron chi connectivity index (χ1n) is 10.7. The maximum absolute atomic E-state index is 8.72. The monoisotopic (exact) mass is 446 g/mol. The Morgan fingerprint density at radius 1 is 0.882 bits per heavy atom. The predicted octanol–water partition coefficient (Wildman–Crippen LogP) is 4.28. The summed E-state index contributed by atoms with van der Waals surface area (Å²) in [6.45, 7) is 0.428. The summed E-state index contributed by atoms with van der Waals surface area (Å²) in [7, 11) is 0. The summed E-state index contributed by atoms with van der Waals surface area (Å²) >= 11 is 0. The zero-order valence-electron chi connectivity index (χ0n) is 18.2. The standard InChI is InChI=1S/C26H22N8/c27-21-13-18(10-11-30-21)23(28)22-25(29)32-15-33-26(22)31-14-19-12-17-8-4-5-9-20(17)34-24(19)16-6-2-1-3-7-16/h1-13,15,28H,14H2,(H2,27,30)(H3,29,31,32,33). The number of hydrogen-bond donors (Lipinski definition) is 4. The SMILES string of the molecule is N=C(c1ccnc(N)c1)c1c(N)ncnc1NCc1cc2ccccc2nc1-c1ccccc1. The Morgan fingerprint density at radius 2 is 1.68 bits per heavy atom. The van der Waals surface area contributed by atoms with Crippen LogP contribution in [-0.2, 0) is 6.54 Å². The van der Waals surface area contributed by atoms with Crippen molar-refractivity contribution >= 4 is 34.1 Å². The second kappa shape index (κ2) is 8.95. The van der Waals surface area contributed by atoms with Crippen LogP contribution in [0.25, 0.3) is 22.2 Å². The van der Waals surface area contributed by atoms with E-state index in [-0.39, 0.29) is 11.5 Å². The highest BCUT2D eigenvalue weighted by Gasteiger charge is 2.17. The van der Waals surface area contributed by atoms with Crippen LogP contribution in [0.4, 0.5) is 17.5 Å². The highest BCUT2D eigenvalue weighted by Crippen LogP contribution is 2.28. The normalized spacial score (nSPS) is 10.8. The number of nitrogens with one attached hydrogen (secondary N) is 2. The number of rotatable bonds is 6. The number of fused-ring (bicyclic) bond motifs is 1. The summed E-state index contributed by atoms with van der Waals surface area (Å²) in [6, 6.07) is 23.5. The molecule has 0 bridgehead atoms. The van der Waals surface area contributed by atoms with Crippen molar-refractivity contribution < 1.29 is 0 Å². The van der Waals surface area contributed by atoms with Crippen LogP contribution in [0.2, 0.25) is 0 Å². The first-order chi connectivity index (χ1) is 16.6. The molecule has 3 aromatic heterocycles. The lowest BCUT2D eigenvalue weighted by atomic mass is 10.0. The zero-order valence-corrected chi connectivity index (χ0v) is 18.2. The number of hydrogen-bond acceptors (Lipinski definition) is 8. The lowest BCUT2D eigenvalue weighted by molar-refractivity contribution is 1.07. The van der Waals surface area contributed by atoms with Crippen LogP contribution in [0.5, 0.6) is 0 Å². The van der Waals surface area contributed by atoms with E-state index < -0.39 is 0 Å². The van der Waals surface area contributed by atoms with E-state index in [0.29, 0.717) is 29.3 Å². The van der Waals surface area contributed by atoms with Gasteiger partial charge >= 0.3 is 0 Å². The van der Waals surface area contributed by atoms with Gasteiger partial charge in [0.05, 0.1) is 22.5 Å². The molecular formula is C26H22N8. The second-order valence-corrected chi connectivity index (χ2v) is 7.74. The van der Waals surface area contributed by atoms with Crippen molar-refractivity contribution in [3.8, 4) is 11.3 Å². The third-order valence-corrected chi connectivity index (χ3v) is 5.49. The van der Waals surface area contributed by atoms with Gasteiger partial charge in [-0.3, -0.25) is 5.41 Å². The van der Waals surface area contributed by atoms with Crippen LogP contribution in [0.15, 0.2) is 85.3 Å². The quantitative estimate of drug-likeness (QED) is 0.285. The third kappa shape index (κ3) is 4.12. The van der Waals surface area contributed by atoms with Gasteiger partial charge in [0.25, 0.3) is 0 Å². The van der Waals surface area contributed by atoms with Crippen LogP contribution in [0.3, 0.4) is 0 Å². The molecule has 2 aromatic carbocycles. The van der Waals surface area contributed by atoms with Crippen molar-refractivity contribution in [2.75, 3.05) is 16.8 Å². The van der Waals surface area contributed by atoms with Gasteiger partial charge in [0.1, 0.15) is 23.8 Å². The maximum Gasteiger partial charge on any atom is 0.141 e. The first kappa shape index (κ1) is 21.0. The third-order valence-electron chi connectivity index (χ3n) is 5.49. The molecule has 3 heterocycles. The molecule has 166 valence electrons. The smallest absolute Gasteiger partial charge is 0.141 e. The van der Waals surface area contributed by atoms with Gasteiger partial charge in [-0.05, 0) is 29.8 Å². The Morgan fingerprint density at radius 3 is 2.50 bits per heavy atom. The molecule has 0 aliphatic rings. The number of pyridine rings is 2. The number of aromatic nitrogens is 4. The summed E-state index contributed by atoms with van der Waals surface area (Å²) in [5.41, 5.74) is 16.9. The van der Waals surface area contributed by atoms with Gasteiger partial charge in [-0.15, -0.1) is 0 Å². The molecule has 0 aliphatic heterocycles. The summed E-state index contributed by atoms with van der Waals surface area (Å²) in [6.07, 6.45) is 2.94. The van der Waals surface area contributed by atoms with Crippen molar-refractivity contribution in [1.29, 1.82) is 5.41 Å². The molecule has 0 saturated carbocycles. The fraction of sp³-hybridized carbons (Fsp3) is 0.0385. The minimum atomic E-state index is 0.162. The van der Waals surface area contributed by atoms with E-state index in [4.69, 9.17) is 21.9 Å². The lowest BCUT2D eigenvalue weighted by Crippen LogP contribution is -2.14. The molecule has 34 heavy (non-hydrogen) atoms. The fourth-order valence-electron chi connectivity index (χ4n) is 3.85. The number of nitrogens with two attached hydrogens (primary N) is 2. The molecule has 5 rings (SSSR count). The molecule has 0 saturated heterocycles. The van der Waals surface area contributed by atoms with E-state index in [1.54, 1.807) is 18.3 Å². The van der Waals surface area contributed by atoms with E-state index >= 15 is 0 Å². The number of nitrogen functional groups attached to an aromatic ring is 2. The van der Waals surface area contributed by atoms with Crippen molar-refractivity contribution in [3.63, 3.8) is 0 Å². The zero-order chi connectivity index (χ0) is 23.5. The topological polar surface area (TPSA) is 139 Å². The van der Waals surface area contributed by atoms with Gasteiger partial charge in [0, 0.05) is 29.3 Å². The minimum absolute atomic E-state index is 0.162. The molecule has 0 amide bonds. The highest BCUT2D eigenvalue weighted by atomic mass is 15.0. The Hall–Kier alpha value is -4.85. The van der Waals surface area contributed by atoms with Gasteiger partial charge in [0.15, 0.2) is 0 Å². The van der Waals surface area contributed by atoms with E-state index in [2.05, 4.69) is 26.3 Å². The average Bonchev–Trinajstić information content (AvgIpc) is 2.87. The fourth-order valence-corrected chi connectivity index (χ4v) is 3.85. The molecule has 0 unspecified atom stereocenters. The summed E-state index contributed by atoms with van der Waals surface area (Å²) < 4.78 is 0. The molecule has 0 radical (unpaired) electrons. The summed E-state index contributed by atoms with van der Waals surface area (Å²) in [5.74, 6) is 0.986. The van der Waals surface area contributed by atoms with Crippen LogP contribution >= 0.6 is 0 Å². The molecule has 6 N–H and O–H groups in total. The Balaban J connectivity index is 1.53. The summed E-state index contributed by atoms with van der Waals surface area (Å²) in [4.78, 5) is 17.4. The number of nitrogens with zero attached hydrogens (tertiary/aromatic N) is 4. The van der Waals surface area contributed by atoms with Gasteiger partial charge in [0.2, 0.25) is 0 Å². The Bertz CT molecular complexity index is 1500. The van der Waals surface area contributed by atoms with Gasteiger partial charge in [-0.1, -0.05) is 48.5 Å². The van der Waals surface area contributed by atoms with Gasteiger partial charge < -0.3 is 16.8 Å². The molecular weight excluding hydrogens is 424 g/mol. The van der Waals surface area contributed by atoms with Gasteiger partial charge in [-0.2, -0.15) is 0 Å². The molecule has 0 spiro atoms. The molecule has 0 aliphatic carbocycles. The van der Waals surface area contributed by atoms with Crippen molar-refractivity contribution in [3.05, 3.63) is 102 Å². The van der Waals surface area contributed by atoms with E-state index in [1.165, 1.54) is 6.33 Å². The summed E-state index contributed by atoms with van der Waals surface area (Å²) in [5, 5.41) is 13.1. The van der Waals surface area contributed by atoms with Crippen LogP contribution < -0.4 is 16.8 Å².